The van der Waals surface area contributed by atoms with Crippen LogP contribution in [0.5, 0.6) is 0 Å². The number of anilines is 2. The van der Waals surface area contributed by atoms with Crippen molar-refractivity contribution in [1.82, 2.24) is 25.3 Å². The van der Waals surface area contributed by atoms with Gasteiger partial charge in [-0.15, -0.1) is 0 Å². The Morgan fingerprint density at radius 1 is 1.07 bits per heavy atom. The van der Waals surface area contributed by atoms with Crippen LogP contribution in [0.1, 0.15) is 21.6 Å². The predicted molar refractivity (Wildman–Crippen MR) is 103 cm³/mol. The minimum absolute atomic E-state index is 0.104. The van der Waals surface area contributed by atoms with Gasteiger partial charge in [-0.25, -0.2) is 4.98 Å². The minimum Gasteiger partial charge on any atom is -0.358 e. The van der Waals surface area contributed by atoms with E-state index in [-0.39, 0.29) is 5.91 Å². The lowest BCUT2D eigenvalue weighted by Gasteiger charge is -2.12. The topological polar surface area (TPSA) is 95.6 Å². The number of hydrogen-bond donors (Lipinski definition) is 3. The Morgan fingerprint density at radius 2 is 2.00 bits per heavy atom. The summed E-state index contributed by atoms with van der Waals surface area (Å²) in [5.74, 6) is 0.583. The molecule has 7 heteroatoms. The van der Waals surface area contributed by atoms with Crippen LogP contribution in [0.25, 0.3) is 11.3 Å². The third-order valence-corrected chi connectivity index (χ3v) is 4.24. The number of nitrogens with one attached hydrogen (secondary N) is 3. The fraction of sp³-hybridized carbons (Fsp3) is 0.100. The first-order valence-electron chi connectivity index (χ1n) is 8.54. The maximum absolute atomic E-state index is 12.5. The van der Waals surface area contributed by atoms with Crippen molar-refractivity contribution in [2.75, 3.05) is 5.32 Å². The molecule has 0 unspecified atom stereocenters. The quantitative estimate of drug-likeness (QED) is 0.668. The summed E-state index contributed by atoms with van der Waals surface area (Å²) < 4.78 is 0. The van der Waals surface area contributed by atoms with Gasteiger partial charge < -0.3 is 15.6 Å². The minimum atomic E-state index is -0.104. The normalized spacial score (nSPS) is 12.1. The van der Waals surface area contributed by atoms with Crippen molar-refractivity contribution >= 4 is 17.4 Å². The maximum atomic E-state index is 12.5. The summed E-state index contributed by atoms with van der Waals surface area (Å²) in [6.07, 6.45) is 8.55. The summed E-state index contributed by atoms with van der Waals surface area (Å²) in [4.78, 5) is 28.5. The standard InChI is InChI=1S/C20H18N6O/c1-13-10-21-8-9-22-17(12-24-13)14-5-6-16(19-15(14)11-25-20(19)27)26-18-4-2-3-7-23-18/h2-10,12,22H,11H2,1H3,(H,23,26)(H,25,27). The molecule has 0 fully saturated rings. The van der Waals surface area contributed by atoms with Crippen LogP contribution in [-0.2, 0) is 6.54 Å². The van der Waals surface area contributed by atoms with E-state index in [1.165, 1.54) is 0 Å². The van der Waals surface area contributed by atoms with E-state index in [0.29, 0.717) is 17.9 Å². The first kappa shape index (κ1) is 16.7. The van der Waals surface area contributed by atoms with Crippen LogP contribution in [0.15, 0.2) is 61.3 Å². The number of carbonyl (C=O) groups excluding carboxylic acids is 1. The molecule has 2 aromatic heterocycles. The molecule has 1 aliphatic heterocycles. The van der Waals surface area contributed by atoms with Crippen molar-refractivity contribution in [3.05, 3.63) is 78.1 Å². The van der Waals surface area contributed by atoms with E-state index in [2.05, 4.69) is 30.6 Å². The Kier molecular flexibility index (Phi) is 4.49. The van der Waals surface area contributed by atoms with E-state index in [9.17, 15) is 4.79 Å². The highest BCUT2D eigenvalue weighted by molar-refractivity contribution is 6.05. The summed E-state index contributed by atoms with van der Waals surface area (Å²) >= 11 is 0. The molecule has 3 heterocycles. The van der Waals surface area contributed by atoms with Crippen LogP contribution in [0.4, 0.5) is 11.5 Å². The molecular weight excluding hydrogens is 340 g/mol. The fourth-order valence-electron chi connectivity index (χ4n) is 2.98. The molecule has 0 radical (unpaired) electrons. The van der Waals surface area contributed by atoms with Gasteiger partial charge in [0.15, 0.2) is 0 Å². The van der Waals surface area contributed by atoms with Gasteiger partial charge in [-0.3, -0.25) is 14.8 Å². The van der Waals surface area contributed by atoms with Gasteiger partial charge in [0.2, 0.25) is 0 Å². The third-order valence-electron chi connectivity index (χ3n) is 4.24. The van der Waals surface area contributed by atoms with E-state index in [1.54, 1.807) is 31.0 Å². The monoisotopic (exact) mass is 358 g/mol. The van der Waals surface area contributed by atoms with Gasteiger partial charge in [0.25, 0.3) is 5.91 Å². The van der Waals surface area contributed by atoms with Gasteiger partial charge in [0.05, 0.1) is 28.8 Å². The number of hydrogen-bond acceptors (Lipinski definition) is 5. The Hall–Kier alpha value is -3.74. The van der Waals surface area contributed by atoms with E-state index in [4.69, 9.17) is 0 Å². The number of nitrogens with zero attached hydrogens (tertiary/aromatic N) is 3. The molecule has 3 N–H and O–H groups in total. The second-order valence-electron chi connectivity index (χ2n) is 6.09. The van der Waals surface area contributed by atoms with Crippen LogP contribution in [0.2, 0.25) is 0 Å². The molecule has 1 aliphatic rings. The summed E-state index contributed by atoms with van der Waals surface area (Å²) in [6.45, 7) is 2.34. The Bertz CT molecular complexity index is 1040. The van der Waals surface area contributed by atoms with Gasteiger partial charge in [-0.05, 0) is 30.7 Å². The number of rotatable bonds is 3. The van der Waals surface area contributed by atoms with Gasteiger partial charge >= 0.3 is 0 Å². The van der Waals surface area contributed by atoms with Gasteiger partial charge in [-0.2, -0.15) is 0 Å². The zero-order chi connectivity index (χ0) is 18.6. The molecule has 3 aromatic rings. The highest BCUT2D eigenvalue weighted by atomic mass is 16.1. The molecule has 1 aromatic carbocycles. The van der Waals surface area contributed by atoms with Gasteiger partial charge in [-0.1, -0.05) is 12.1 Å². The number of aryl methyl sites for hydroxylation is 1. The third kappa shape index (κ3) is 3.48. The number of aromatic nitrogens is 4. The van der Waals surface area contributed by atoms with Crippen molar-refractivity contribution in [3.63, 3.8) is 0 Å². The number of carbonyl (C=O) groups is 1. The Morgan fingerprint density at radius 3 is 2.85 bits per heavy atom. The van der Waals surface area contributed by atoms with Crippen molar-refractivity contribution in [2.24, 2.45) is 0 Å². The molecule has 0 aliphatic carbocycles. The summed E-state index contributed by atoms with van der Waals surface area (Å²) in [6, 6.07) is 9.46. The van der Waals surface area contributed by atoms with Crippen molar-refractivity contribution in [3.8, 4) is 11.3 Å². The maximum Gasteiger partial charge on any atom is 0.254 e. The highest BCUT2D eigenvalue weighted by Gasteiger charge is 2.26. The predicted octanol–water partition coefficient (Wildman–Crippen LogP) is 3.29. The first-order chi connectivity index (χ1) is 13.2. The number of H-pyrrole nitrogens is 1. The number of benzene rings is 1. The number of amides is 1. The number of fused-ring (bicyclic) bond motifs is 1. The van der Waals surface area contributed by atoms with E-state index >= 15 is 0 Å². The lowest BCUT2D eigenvalue weighted by atomic mass is 9.99. The Labute approximate surface area is 156 Å². The van der Waals surface area contributed by atoms with Crippen LogP contribution in [0.3, 0.4) is 0 Å². The molecule has 4 rings (SSSR count). The lowest BCUT2D eigenvalue weighted by Crippen LogP contribution is -2.13. The second-order valence-corrected chi connectivity index (χ2v) is 6.09. The molecule has 0 atom stereocenters. The van der Waals surface area contributed by atoms with E-state index < -0.39 is 0 Å². The SMILES string of the molecule is Cc1cncc[nH]c(-c2ccc(Nc3ccccn3)c3c2CNC3=O)cn1. The molecule has 134 valence electrons. The molecular formula is C20H18N6O. The highest BCUT2D eigenvalue weighted by Crippen LogP contribution is 2.33. The molecule has 27 heavy (non-hydrogen) atoms. The fourth-order valence-corrected chi connectivity index (χ4v) is 2.98. The van der Waals surface area contributed by atoms with Crippen molar-refractivity contribution in [1.29, 1.82) is 0 Å². The van der Waals surface area contributed by atoms with E-state index in [0.717, 1.165) is 28.2 Å². The zero-order valence-electron chi connectivity index (χ0n) is 14.7. The second kappa shape index (κ2) is 7.25. The molecule has 0 saturated heterocycles. The van der Waals surface area contributed by atoms with Crippen molar-refractivity contribution in [2.45, 2.75) is 13.5 Å². The van der Waals surface area contributed by atoms with Gasteiger partial charge in [0, 0.05) is 36.9 Å². The largest absolute Gasteiger partial charge is 0.358 e. The van der Waals surface area contributed by atoms with Crippen LogP contribution in [0, 0.1) is 6.92 Å². The first-order valence-corrected chi connectivity index (χ1v) is 8.54. The zero-order valence-corrected chi connectivity index (χ0v) is 14.7. The molecule has 0 bridgehead atoms. The number of aromatic amines is 1. The van der Waals surface area contributed by atoms with Crippen LogP contribution < -0.4 is 10.6 Å². The number of pyridine rings is 1. The molecule has 0 spiro atoms. The van der Waals surface area contributed by atoms with Gasteiger partial charge in [0.1, 0.15) is 5.82 Å². The van der Waals surface area contributed by atoms with Crippen LogP contribution >= 0.6 is 0 Å². The average molecular weight is 358 g/mol. The molecule has 1 amide bonds. The lowest BCUT2D eigenvalue weighted by molar-refractivity contribution is 0.0966. The molecule has 0 saturated carbocycles. The Balaban J connectivity index is 1.83. The average Bonchev–Trinajstić information content (AvgIpc) is 3.11. The molecule has 7 nitrogen and oxygen atoms in total. The summed E-state index contributed by atoms with van der Waals surface area (Å²) in [5, 5.41) is 6.14. The summed E-state index contributed by atoms with van der Waals surface area (Å²) in [5.41, 5.74) is 4.78. The van der Waals surface area contributed by atoms with Crippen molar-refractivity contribution < 1.29 is 4.79 Å². The summed E-state index contributed by atoms with van der Waals surface area (Å²) in [7, 11) is 0. The van der Waals surface area contributed by atoms with Crippen LogP contribution in [-0.4, -0.2) is 25.8 Å². The smallest absolute Gasteiger partial charge is 0.254 e. The van der Waals surface area contributed by atoms with E-state index in [1.807, 2.05) is 37.3 Å².